The third-order valence-corrected chi connectivity index (χ3v) is 5.06. The number of amides is 3. The predicted octanol–water partition coefficient (Wildman–Crippen LogP) is 4.14. The smallest absolute Gasteiger partial charge is 0.322 e. The fourth-order valence-electron chi connectivity index (χ4n) is 2.21. The van der Waals surface area contributed by atoms with Gasteiger partial charge in [-0.15, -0.1) is 11.8 Å². The second-order valence-corrected chi connectivity index (χ2v) is 6.98. The number of carbonyl (C=O) groups excluding carboxylic acids is 2. The second kappa shape index (κ2) is 8.78. The molecule has 1 atom stereocenters. The molecule has 5 nitrogen and oxygen atoms in total. The SMILES string of the molecule is C[C@H](c1cccc(Cl)c1)N(C)C(=O)Nc1ccccc1SCC(N)=O. The molecule has 132 valence electrons. The van der Waals surface area contributed by atoms with E-state index in [1.807, 2.05) is 43.3 Å². The Bertz CT molecular complexity index is 769. The molecule has 0 heterocycles. The molecule has 7 heteroatoms. The second-order valence-electron chi connectivity index (χ2n) is 5.52. The molecule has 0 saturated carbocycles. The number of primary amides is 1. The highest BCUT2D eigenvalue weighted by atomic mass is 35.5. The average molecular weight is 378 g/mol. The first-order valence-electron chi connectivity index (χ1n) is 7.68. The number of nitrogens with zero attached hydrogens (tertiary/aromatic N) is 1. The summed E-state index contributed by atoms with van der Waals surface area (Å²) in [5.74, 6) is -0.250. The number of halogens is 1. The van der Waals surface area contributed by atoms with Gasteiger partial charge in [-0.1, -0.05) is 35.9 Å². The van der Waals surface area contributed by atoms with E-state index in [-0.39, 0.29) is 17.8 Å². The maximum absolute atomic E-state index is 12.6. The number of rotatable bonds is 6. The largest absolute Gasteiger partial charge is 0.369 e. The quantitative estimate of drug-likeness (QED) is 0.743. The van der Waals surface area contributed by atoms with Gasteiger partial charge in [-0.25, -0.2) is 4.79 Å². The van der Waals surface area contributed by atoms with Crippen molar-refractivity contribution in [3.8, 4) is 0 Å². The van der Waals surface area contributed by atoms with Crippen LogP contribution in [0.25, 0.3) is 0 Å². The lowest BCUT2D eigenvalue weighted by Crippen LogP contribution is -2.33. The number of benzene rings is 2. The molecule has 0 aliphatic carbocycles. The summed E-state index contributed by atoms with van der Waals surface area (Å²) < 4.78 is 0. The minimum atomic E-state index is -0.405. The van der Waals surface area contributed by atoms with E-state index in [1.54, 1.807) is 24.1 Å². The molecule has 0 aliphatic heterocycles. The average Bonchev–Trinajstić information content (AvgIpc) is 2.59. The standard InChI is InChI=1S/C18H20ClN3O2S/c1-12(13-6-5-7-14(19)10-13)22(2)18(24)21-15-8-3-4-9-16(15)25-11-17(20)23/h3-10,12H,11H2,1-2H3,(H2,20,23)(H,21,24)/t12-/m1/s1. The van der Waals surface area contributed by atoms with Crippen molar-refractivity contribution in [2.75, 3.05) is 18.1 Å². The Morgan fingerprint density at radius 1 is 1.24 bits per heavy atom. The van der Waals surface area contributed by atoms with E-state index in [0.717, 1.165) is 10.5 Å². The Morgan fingerprint density at radius 3 is 2.64 bits per heavy atom. The van der Waals surface area contributed by atoms with Crippen LogP contribution >= 0.6 is 23.4 Å². The zero-order valence-corrected chi connectivity index (χ0v) is 15.6. The molecule has 0 unspecified atom stereocenters. The minimum absolute atomic E-state index is 0.149. The Kier molecular flexibility index (Phi) is 6.73. The molecule has 0 bridgehead atoms. The van der Waals surface area contributed by atoms with Gasteiger partial charge in [0.2, 0.25) is 5.91 Å². The van der Waals surface area contributed by atoms with Crippen LogP contribution in [-0.4, -0.2) is 29.6 Å². The van der Waals surface area contributed by atoms with Gasteiger partial charge >= 0.3 is 6.03 Å². The summed E-state index contributed by atoms with van der Waals surface area (Å²) in [6.07, 6.45) is 0. The number of thioether (sulfide) groups is 1. The fourth-order valence-corrected chi connectivity index (χ4v) is 3.16. The summed E-state index contributed by atoms with van der Waals surface area (Å²) >= 11 is 7.31. The van der Waals surface area contributed by atoms with E-state index in [9.17, 15) is 9.59 Å². The van der Waals surface area contributed by atoms with Crippen molar-refractivity contribution in [2.24, 2.45) is 5.73 Å². The van der Waals surface area contributed by atoms with Crippen molar-refractivity contribution in [3.05, 3.63) is 59.1 Å². The van der Waals surface area contributed by atoms with Crippen LogP contribution in [0.3, 0.4) is 0 Å². The first-order valence-corrected chi connectivity index (χ1v) is 9.04. The van der Waals surface area contributed by atoms with Crippen molar-refractivity contribution in [1.29, 1.82) is 0 Å². The maximum Gasteiger partial charge on any atom is 0.322 e. The molecule has 2 rings (SSSR count). The van der Waals surface area contributed by atoms with E-state index in [0.29, 0.717) is 10.7 Å². The monoisotopic (exact) mass is 377 g/mol. The first-order chi connectivity index (χ1) is 11.9. The number of nitrogens with one attached hydrogen (secondary N) is 1. The van der Waals surface area contributed by atoms with Gasteiger partial charge in [0.25, 0.3) is 0 Å². The lowest BCUT2D eigenvalue weighted by Gasteiger charge is -2.26. The Hall–Kier alpha value is -2.18. The summed E-state index contributed by atoms with van der Waals surface area (Å²) in [5, 5.41) is 3.51. The Labute approximate surface area is 156 Å². The Balaban J connectivity index is 2.09. The van der Waals surface area contributed by atoms with Gasteiger partial charge in [-0.05, 0) is 36.8 Å². The maximum atomic E-state index is 12.6. The molecular weight excluding hydrogens is 358 g/mol. The van der Waals surface area contributed by atoms with Crippen LogP contribution in [-0.2, 0) is 4.79 Å². The molecule has 3 amide bonds. The number of anilines is 1. The van der Waals surface area contributed by atoms with Gasteiger partial charge in [-0.2, -0.15) is 0 Å². The van der Waals surface area contributed by atoms with E-state index in [2.05, 4.69) is 5.32 Å². The molecule has 0 aliphatic rings. The van der Waals surface area contributed by atoms with Crippen LogP contribution in [0.15, 0.2) is 53.4 Å². The third kappa shape index (κ3) is 5.41. The molecule has 0 spiro atoms. The van der Waals surface area contributed by atoms with Crippen molar-refractivity contribution in [2.45, 2.75) is 17.9 Å². The molecular formula is C18H20ClN3O2S. The van der Waals surface area contributed by atoms with E-state index >= 15 is 0 Å². The van der Waals surface area contributed by atoms with Crippen LogP contribution in [0.5, 0.6) is 0 Å². The highest BCUT2D eigenvalue weighted by Gasteiger charge is 2.18. The van der Waals surface area contributed by atoms with Gasteiger partial charge in [0, 0.05) is 17.0 Å². The van der Waals surface area contributed by atoms with Crippen LogP contribution in [0.4, 0.5) is 10.5 Å². The number of urea groups is 1. The van der Waals surface area contributed by atoms with Crippen molar-refractivity contribution >= 4 is 41.0 Å². The molecule has 3 N–H and O–H groups in total. The number of para-hydroxylation sites is 1. The molecule has 2 aromatic rings. The number of nitrogens with two attached hydrogens (primary N) is 1. The molecule has 0 saturated heterocycles. The minimum Gasteiger partial charge on any atom is -0.369 e. The summed E-state index contributed by atoms with van der Waals surface area (Å²) in [5.41, 5.74) is 6.78. The topological polar surface area (TPSA) is 75.4 Å². The number of hydrogen-bond acceptors (Lipinski definition) is 3. The molecule has 0 fully saturated rings. The Morgan fingerprint density at radius 2 is 1.96 bits per heavy atom. The van der Waals surface area contributed by atoms with E-state index < -0.39 is 5.91 Å². The summed E-state index contributed by atoms with van der Waals surface area (Å²) in [6.45, 7) is 1.93. The van der Waals surface area contributed by atoms with Crippen LogP contribution < -0.4 is 11.1 Å². The lowest BCUT2D eigenvalue weighted by atomic mass is 10.1. The van der Waals surface area contributed by atoms with Gasteiger partial charge in [-0.3, -0.25) is 4.79 Å². The van der Waals surface area contributed by atoms with Crippen molar-refractivity contribution in [3.63, 3.8) is 0 Å². The molecule has 0 radical (unpaired) electrons. The van der Waals surface area contributed by atoms with E-state index in [4.69, 9.17) is 17.3 Å². The number of hydrogen-bond donors (Lipinski definition) is 2. The predicted molar refractivity (Wildman–Crippen MR) is 103 cm³/mol. The van der Waals surface area contributed by atoms with Gasteiger partial charge in [0.15, 0.2) is 0 Å². The normalized spacial score (nSPS) is 11.6. The highest BCUT2D eigenvalue weighted by Crippen LogP contribution is 2.28. The van der Waals surface area contributed by atoms with Crippen LogP contribution in [0, 0.1) is 0 Å². The van der Waals surface area contributed by atoms with E-state index in [1.165, 1.54) is 11.8 Å². The lowest BCUT2D eigenvalue weighted by molar-refractivity contribution is -0.115. The molecule has 25 heavy (non-hydrogen) atoms. The van der Waals surface area contributed by atoms with Gasteiger partial charge in [0.1, 0.15) is 0 Å². The third-order valence-electron chi connectivity index (χ3n) is 3.73. The summed E-state index contributed by atoms with van der Waals surface area (Å²) in [7, 11) is 1.72. The summed E-state index contributed by atoms with van der Waals surface area (Å²) in [6, 6.07) is 14.3. The molecule has 0 aromatic heterocycles. The van der Waals surface area contributed by atoms with Crippen LogP contribution in [0.1, 0.15) is 18.5 Å². The fraction of sp³-hybridized carbons (Fsp3) is 0.222. The highest BCUT2D eigenvalue weighted by molar-refractivity contribution is 8.00. The van der Waals surface area contributed by atoms with Crippen molar-refractivity contribution in [1.82, 2.24) is 4.90 Å². The zero-order chi connectivity index (χ0) is 18.4. The zero-order valence-electron chi connectivity index (χ0n) is 14.0. The first kappa shape index (κ1) is 19.1. The van der Waals surface area contributed by atoms with Gasteiger partial charge < -0.3 is 16.0 Å². The molecule has 2 aromatic carbocycles. The van der Waals surface area contributed by atoms with Crippen LogP contribution in [0.2, 0.25) is 5.02 Å². The number of carbonyl (C=O) groups is 2. The van der Waals surface area contributed by atoms with Gasteiger partial charge in [0.05, 0.1) is 17.5 Å². The summed E-state index contributed by atoms with van der Waals surface area (Å²) in [4.78, 5) is 26.0. The van der Waals surface area contributed by atoms with Crippen molar-refractivity contribution < 1.29 is 9.59 Å².